The number of hydrogen-bond acceptors (Lipinski definition) is 2. The highest BCUT2D eigenvalue weighted by Gasteiger charge is 2.20. The van der Waals surface area contributed by atoms with Gasteiger partial charge < -0.3 is 0 Å². The van der Waals surface area contributed by atoms with Crippen LogP contribution in [0.1, 0.15) is 11.4 Å². The van der Waals surface area contributed by atoms with Gasteiger partial charge in [-0.05, 0) is 80.2 Å². The zero-order valence-corrected chi connectivity index (χ0v) is 25.6. The molecular formula is C44H28N2. The first kappa shape index (κ1) is 25.5. The molecule has 0 atom stereocenters. The zero-order chi connectivity index (χ0) is 30.5. The molecule has 8 aromatic carbocycles. The predicted octanol–water partition coefficient (Wildman–Crippen LogP) is 11.9. The largest absolute Gasteiger partial charge is 0.252 e. The van der Waals surface area contributed by atoms with Crippen LogP contribution in [-0.2, 0) is 0 Å². The number of nitrogens with zero attached hydrogens (tertiary/aromatic N) is 2. The number of hydrogen-bond donors (Lipinski definition) is 0. The highest BCUT2D eigenvalue weighted by molar-refractivity contribution is 6.26. The van der Waals surface area contributed by atoms with Crippen molar-refractivity contribution in [2.75, 3.05) is 0 Å². The van der Waals surface area contributed by atoms with Gasteiger partial charge in [0.1, 0.15) is 0 Å². The van der Waals surface area contributed by atoms with Crippen molar-refractivity contribution in [3.63, 3.8) is 0 Å². The summed E-state index contributed by atoms with van der Waals surface area (Å²) in [6, 6.07) is 48.8. The van der Waals surface area contributed by atoms with Crippen LogP contribution in [0.4, 0.5) is 0 Å². The van der Waals surface area contributed by atoms with E-state index in [4.69, 9.17) is 9.97 Å². The molecule has 0 radical (unpaired) electrons. The van der Waals surface area contributed by atoms with E-state index in [0.717, 1.165) is 44.3 Å². The Bertz CT molecular complexity index is 2880. The molecule has 46 heavy (non-hydrogen) atoms. The normalized spacial score (nSPS) is 12.1. The maximum atomic E-state index is 5.31. The number of pyridine rings is 2. The SMILES string of the molecule is Cc1nc2c(-c3ccc4ccc5ccccc5c4c3)ccc3c(C)nc4c(-c5ccc6c(ccc7ccccc76)c5)ccc1c4c32. The van der Waals surface area contributed by atoms with Crippen LogP contribution in [0.15, 0.2) is 133 Å². The van der Waals surface area contributed by atoms with Crippen LogP contribution in [-0.4, -0.2) is 9.97 Å². The maximum Gasteiger partial charge on any atom is 0.0797 e. The lowest BCUT2D eigenvalue weighted by Crippen LogP contribution is -1.98. The summed E-state index contributed by atoms with van der Waals surface area (Å²) in [4.78, 5) is 10.6. The lowest BCUT2D eigenvalue weighted by Gasteiger charge is -2.18. The monoisotopic (exact) mass is 584 g/mol. The number of aromatic nitrogens is 2. The zero-order valence-electron chi connectivity index (χ0n) is 25.6. The number of benzene rings is 8. The van der Waals surface area contributed by atoms with Gasteiger partial charge in [-0.2, -0.15) is 0 Å². The van der Waals surface area contributed by atoms with E-state index in [1.54, 1.807) is 0 Å². The second-order valence-electron chi connectivity index (χ2n) is 12.6. The molecule has 2 aromatic heterocycles. The van der Waals surface area contributed by atoms with Crippen molar-refractivity contribution in [1.29, 1.82) is 0 Å². The number of rotatable bonds is 2. The molecule has 0 bridgehead atoms. The number of fused-ring (bicyclic) bond motifs is 6. The first-order chi connectivity index (χ1) is 22.6. The Hall–Kier alpha value is -5.86. The van der Waals surface area contributed by atoms with Crippen molar-refractivity contribution in [3.8, 4) is 22.3 Å². The van der Waals surface area contributed by atoms with Crippen LogP contribution in [0.25, 0.3) is 97.9 Å². The van der Waals surface area contributed by atoms with Crippen LogP contribution in [0.3, 0.4) is 0 Å². The molecule has 2 heteroatoms. The van der Waals surface area contributed by atoms with E-state index in [9.17, 15) is 0 Å². The molecule has 214 valence electrons. The highest BCUT2D eigenvalue weighted by atomic mass is 14.7. The van der Waals surface area contributed by atoms with Crippen LogP contribution >= 0.6 is 0 Å². The minimum absolute atomic E-state index is 1.03. The molecule has 0 N–H and O–H groups in total. The van der Waals surface area contributed by atoms with E-state index in [-0.39, 0.29) is 0 Å². The Balaban J connectivity index is 1.25. The van der Waals surface area contributed by atoms with Gasteiger partial charge in [0.05, 0.1) is 11.0 Å². The fraction of sp³-hybridized carbons (Fsp3) is 0.0455. The van der Waals surface area contributed by atoms with Gasteiger partial charge >= 0.3 is 0 Å². The molecule has 10 aromatic rings. The predicted molar refractivity (Wildman–Crippen MR) is 196 cm³/mol. The van der Waals surface area contributed by atoms with Gasteiger partial charge in [0.25, 0.3) is 0 Å². The summed E-state index contributed by atoms with van der Waals surface area (Å²) < 4.78 is 0. The van der Waals surface area contributed by atoms with Crippen LogP contribution < -0.4 is 0 Å². The minimum atomic E-state index is 1.03. The van der Waals surface area contributed by atoms with Gasteiger partial charge in [-0.25, -0.2) is 0 Å². The van der Waals surface area contributed by atoms with Crippen LogP contribution in [0.5, 0.6) is 0 Å². The van der Waals surface area contributed by atoms with Gasteiger partial charge in [0, 0.05) is 44.1 Å². The lowest BCUT2D eigenvalue weighted by atomic mass is 9.89. The van der Waals surface area contributed by atoms with E-state index in [2.05, 4.69) is 147 Å². The van der Waals surface area contributed by atoms with Crippen molar-refractivity contribution in [3.05, 3.63) is 145 Å². The first-order valence-corrected chi connectivity index (χ1v) is 15.9. The second-order valence-corrected chi connectivity index (χ2v) is 12.6. The summed E-state index contributed by atoms with van der Waals surface area (Å²) >= 11 is 0. The molecule has 2 nitrogen and oxygen atoms in total. The Morgan fingerprint density at radius 3 is 1.41 bits per heavy atom. The van der Waals surface area contributed by atoms with E-state index in [1.165, 1.54) is 65.0 Å². The van der Waals surface area contributed by atoms with Gasteiger partial charge in [-0.15, -0.1) is 0 Å². The third-order valence-corrected chi connectivity index (χ3v) is 10.1. The Labute approximate surface area is 265 Å². The van der Waals surface area contributed by atoms with E-state index < -0.39 is 0 Å². The molecular weight excluding hydrogens is 556 g/mol. The quantitative estimate of drug-likeness (QED) is 0.189. The summed E-state index contributed by atoms with van der Waals surface area (Å²) in [7, 11) is 0. The molecule has 2 heterocycles. The smallest absolute Gasteiger partial charge is 0.0797 e. The summed E-state index contributed by atoms with van der Waals surface area (Å²) in [5.41, 5.74) is 8.81. The molecule has 0 amide bonds. The third kappa shape index (κ3) is 3.53. The fourth-order valence-corrected chi connectivity index (χ4v) is 7.80. The Morgan fingerprint density at radius 2 is 0.783 bits per heavy atom. The molecule has 0 aliphatic rings. The standard InChI is InChI=1S/C44H28N2/c1-25-34-20-22-39(32-16-14-29-12-11-28-8-4-6-10-36(28)40(29)24-32)44-42(34)41-33(26(2)46-44)19-21-38(43(41)45-25)31-17-18-37-30(23-31)15-13-27-7-3-5-9-35(27)37/h3-24H,1-2H3. The summed E-state index contributed by atoms with van der Waals surface area (Å²) in [5.74, 6) is 0. The number of aryl methyl sites for hydroxylation is 2. The van der Waals surface area contributed by atoms with Gasteiger partial charge in [0.15, 0.2) is 0 Å². The highest BCUT2D eigenvalue weighted by Crippen LogP contribution is 2.43. The van der Waals surface area contributed by atoms with Crippen molar-refractivity contribution < 1.29 is 0 Å². The van der Waals surface area contributed by atoms with Crippen LogP contribution in [0.2, 0.25) is 0 Å². The molecule has 0 spiro atoms. The second kappa shape index (κ2) is 9.32. The molecule has 0 saturated heterocycles. The maximum absolute atomic E-state index is 5.31. The topological polar surface area (TPSA) is 25.8 Å². The summed E-state index contributed by atoms with van der Waals surface area (Å²) in [5, 5.41) is 14.8. The van der Waals surface area contributed by atoms with Gasteiger partial charge in [-0.3, -0.25) is 9.97 Å². The summed E-state index contributed by atoms with van der Waals surface area (Å²) in [6.45, 7) is 4.27. The molecule has 10 rings (SSSR count). The average Bonchev–Trinajstić information content (AvgIpc) is 3.10. The molecule has 0 saturated carbocycles. The average molecular weight is 585 g/mol. The van der Waals surface area contributed by atoms with Gasteiger partial charge in [-0.1, -0.05) is 121 Å². The molecule has 0 aliphatic carbocycles. The van der Waals surface area contributed by atoms with Crippen molar-refractivity contribution in [1.82, 2.24) is 9.97 Å². The first-order valence-electron chi connectivity index (χ1n) is 15.9. The van der Waals surface area contributed by atoms with E-state index >= 15 is 0 Å². The summed E-state index contributed by atoms with van der Waals surface area (Å²) in [6.07, 6.45) is 0. The lowest BCUT2D eigenvalue weighted by molar-refractivity contribution is 1.26. The van der Waals surface area contributed by atoms with Crippen molar-refractivity contribution in [2.45, 2.75) is 13.8 Å². The van der Waals surface area contributed by atoms with Gasteiger partial charge in [0.2, 0.25) is 0 Å². The Morgan fingerprint density at radius 1 is 0.348 bits per heavy atom. The Kier molecular flexibility index (Phi) is 5.16. The third-order valence-electron chi connectivity index (χ3n) is 10.1. The van der Waals surface area contributed by atoms with Crippen molar-refractivity contribution >= 4 is 75.7 Å². The fourth-order valence-electron chi connectivity index (χ4n) is 7.80. The molecule has 0 aliphatic heterocycles. The van der Waals surface area contributed by atoms with Crippen LogP contribution in [0, 0.1) is 13.8 Å². The van der Waals surface area contributed by atoms with E-state index in [1.807, 2.05) is 0 Å². The van der Waals surface area contributed by atoms with E-state index in [0.29, 0.717) is 0 Å². The molecule has 0 unspecified atom stereocenters. The minimum Gasteiger partial charge on any atom is -0.252 e. The molecule has 0 fully saturated rings. The van der Waals surface area contributed by atoms with Crippen molar-refractivity contribution in [2.24, 2.45) is 0 Å².